The van der Waals surface area contributed by atoms with E-state index < -0.39 is 5.97 Å². The standard InChI is InChI=1S/C11H14O3S/c1-3-15-7-9-5-4-8(11(12)13)6-10(9)14-2/h4-6H,3,7H2,1-2H3,(H,12,13). The summed E-state index contributed by atoms with van der Waals surface area (Å²) >= 11 is 1.78. The fourth-order valence-electron chi connectivity index (χ4n) is 1.21. The number of thioether (sulfide) groups is 1. The largest absolute Gasteiger partial charge is 0.496 e. The van der Waals surface area contributed by atoms with Gasteiger partial charge in [-0.25, -0.2) is 4.79 Å². The van der Waals surface area contributed by atoms with Crippen LogP contribution in [0.15, 0.2) is 18.2 Å². The van der Waals surface area contributed by atoms with Crippen LogP contribution >= 0.6 is 11.8 Å². The lowest BCUT2D eigenvalue weighted by atomic mass is 10.1. The molecule has 0 aliphatic carbocycles. The predicted molar refractivity (Wildman–Crippen MR) is 61.8 cm³/mol. The number of carbonyl (C=O) groups is 1. The molecule has 82 valence electrons. The third-order valence-electron chi connectivity index (χ3n) is 2.00. The molecular formula is C11H14O3S. The summed E-state index contributed by atoms with van der Waals surface area (Å²) in [5, 5.41) is 8.81. The van der Waals surface area contributed by atoms with Crippen molar-refractivity contribution in [2.24, 2.45) is 0 Å². The van der Waals surface area contributed by atoms with Gasteiger partial charge in [-0.3, -0.25) is 0 Å². The van der Waals surface area contributed by atoms with E-state index in [0.717, 1.165) is 17.1 Å². The molecule has 1 aromatic rings. The molecule has 0 aliphatic heterocycles. The van der Waals surface area contributed by atoms with E-state index in [2.05, 4.69) is 6.92 Å². The highest BCUT2D eigenvalue weighted by atomic mass is 32.2. The monoisotopic (exact) mass is 226 g/mol. The van der Waals surface area contributed by atoms with Crippen molar-refractivity contribution >= 4 is 17.7 Å². The van der Waals surface area contributed by atoms with Gasteiger partial charge in [0.15, 0.2) is 0 Å². The SMILES string of the molecule is CCSCc1ccc(C(=O)O)cc1OC. The van der Waals surface area contributed by atoms with Gasteiger partial charge >= 0.3 is 5.97 Å². The zero-order valence-electron chi connectivity index (χ0n) is 8.82. The molecule has 0 aromatic heterocycles. The Morgan fingerprint density at radius 1 is 1.53 bits per heavy atom. The fourth-order valence-corrected chi connectivity index (χ4v) is 1.87. The van der Waals surface area contributed by atoms with Crippen LogP contribution in [0.1, 0.15) is 22.8 Å². The minimum atomic E-state index is -0.928. The molecule has 0 saturated carbocycles. The Bertz CT molecular complexity index is 350. The maximum atomic E-state index is 10.7. The van der Waals surface area contributed by atoms with Crippen molar-refractivity contribution in [2.45, 2.75) is 12.7 Å². The van der Waals surface area contributed by atoms with Crippen LogP contribution in [-0.4, -0.2) is 23.9 Å². The molecule has 0 atom stereocenters. The smallest absolute Gasteiger partial charge is 0.335 e. The van der Waals surface area contributed by atoms with Crippen LogP contribution in [0.25, 0.3) is 0 Å². The summed E-state index contributed by atoms with van der Waals surface area (Å²) in [6.45, 7) is 2.09. The minimum absolute atomic E-state index is 0.261. The molecule has 0 amide bonds. The number of hydrogen-bond acceptors (Lipinski definition) is 3. The summed E-state index contributed by atoms with van der Waals surface area (Å²) in [5.41, 5.74) is 1.30. The topological polar surface area (TPSA) is 46.5 Å². The first-order chi connectivity index (χ1) is 7.19. The van der Waals surface area contributed by atoms with Gasteiger partial charge in [-0.2, -0.15) is 11.8 Å². The second-order valence-corrected chi connectivity index (χ2v) is 4.24. The van der Waals surface area contributed by atoms with Crippen molar-refractivity contribution in [1.29, 1.82) is 0 Å². The highest BCUT2D eigenvalue weighted by Gasteiger charge is 2.08. The first-order valence-corrected chi connectivity index (χ1v) is 5.82. The van der Waals surface area contributed by atoms with Crippen LogP contribution in [0.4, 0.5) is 0 Å². The minimum Gasteiger partial charge on any atom is -0.496 e. The lowest BCUT2D eigenvalue weighted by Gasteiger charge is -2.08. The summed E-state index contributed by atoms with van der Waals surface area (Å²) in [5.74, 6) is 1.60. The highest BCUT2D eigenvalue weighted by molar-refractivity contribution is 7.98. The van der Waals surface area contributed by atoms with E-state index in [4.69, 9.17) is 9.84 Å². The van der Waals surface area contributed by atoms with Crippen LogP contribution in [0.3, 0.4) is 0 Å². The summed E-state index contributed by atoms with van der Waals surface area (Å²) in [7, 11) is 1.56. The maximum absolute atomic E-state index is 10.7. The van der Waals surface area contributed by atoms with Gasteiger partial charge in [0, 0.05) is 11.3 Å². The number of benzene rings is 1. The van der Waals surface area contributed by atoms with Gasteiger partial charge in [0.05, 0.1) is 12.7 Å². The molecule has 3 nitrogen and oxygen atoms in total. The molecule has 0 radical (unpaired) electrons. The Balaban J connectivity index is 2.93. The molecule has 0 bridgehead atoms. The molecule has 0 saturated heterocycles. The molecule has 1 rings (SSSR count). The third kappa shape index (κ3) is 3.16. The van der Waals surface area contributed by atoms with E-state index in [9.17, 15) is 4.79 Å². The molecule has 0 spiro atoms. The van der Waals surface area contributed by atoms with E-state index in [1.807, 2.05) is 6.07 Å². The Kier molecular flexibility index (Phi) is 4.49. The van der Waals surface area contributed by atoms with Gasteiger partial charge in [-0.05, 0) is 17.9 Å². The molecule has 0 fully saturated rings. The normalized spacial score (nSPS) is 10.0. The van der Waals surface area contributed by atoms with Crippen LogP contribution in [0.2, 0.25) is 0 Å². The summed E-state index contributed by atoms with van der Waals surface area (Å²) < 4.78 is 5.16. The highest BCUT2D eigenvalue weighted by Crippen LogP contribution is 2.24. The van der Waals surface area contributed by atoms with Gasteiger partial charge in [-0.15, -0.1) is 0 Å². The van der Waals surface area contributed by atoms with Gasteiger partial charge in [0.2, 0.25) is 0 Å². The molecule has 1 N–H and O–H groups in total. The zero-order valence-corrected chi connectivity index (χ0v) is 9.63. The average Bonchev–Trinajstić information content (AvgIpc) is 2.25. The number of ether oxygens (including phenoxy) is 1. The first-order valence-electron chi connectivity index (χ1n) is 4.67. The van der Waals surface area contributed by atoms with Crippen molar-refractivity contribution in [3.63, 3.8) is 0 Å². The third-order valence-corrected chi connectivity index (χ3v) is 2.92. The maximum Gasteiger partial charge on any atom is 0.335 e. The summed E-state index contributed by atoms with van der Waals surface area (Å²) in [6, 6.07) is 4.98. The quantitative estimate of drug-likeness (QED) is 0.838. The Morgan fingerprint density at radius 3 is 2.80 bits per heavy atom. The molecule has 1 aromatic carbocycles. The number of aromatic carboxylic acids is 1. The number of carboxylic acid groups (broad SMARTS) is 1. The van der Waals surface area contributed by atoms with E-state index in [0.29, 0.717) is 5.75 Å². The Hall–Kier alpha value is -1.16. The lowest BCUT2D eigenvalue weighted by Crippen LogP contribution is -1.99. The number of methoxy groups -OCH3 is 1. The lowest BCUT2D eigenvalue weighted by molar-refractivity contribution is 0.0696. The number of carboxylic acids is 1. The van der Waals surface area contributed by atoms with Gasteiger partial charge in [0.25, 0.3) is 0 Å². The summed E-state index contributed by atoms with van der Waals surface area (Å²) in [6.07, 6.45) is 0. The molecule has 0 heterocycles. The van der Waals surface area contributed by atoms with Gasteiger partial charge < -0.3 is 9.84 Å². The van der Waals surface area contributed by atoms with E-state index in [1.165, 1.54) is 0 Å². The van der Waals surface area contributed by atoms with Crippen LogP contribution in [0, 0.1) is 0 Å². The van der Waals surface area contributed by atoms with Crippen LogP contribution in [-0.2, 0) is 5.75 Å². The fraction of sp³-hybridized carbons (Fsp3) is 0.364. The Morgan fingerprint density at radius 2 is 2.27 bits per heavy atom. The van der Waals surface area contributed by atoms with Crippen molar-refractivity contribution < 1.29 is 14.6 Å². The zero-order chi connectivity index (χ0) is 11.3. The van der Waals surface area contributed by atoms with Gasteiger partial charge in [0.1, 0.15) is 5.75 Å². The first kappa shape index (κ1) is 11.9. The number of hydrogen-bond donors (Lipinski definition) is 1. The van der Waals surface area contributed by atoms with E-state index in [1.54, 1.807) is 31.0 Å². The van der Waals surface area contributed by atoms with Crippen LogP contribution < -0.4 is 4.74 Å². The average molecular weight is 226 g/mol. The van der Waals surface area contributed by atoms with Crippen molar-refractivity contribution in [2.75, 3.05) is 12.9 Å². The van der Waals surface area contributed by atoms with Crippen molar-refractivity contribution in [3.05, 3.63) is 29.3 Å². The molecular weight excluding hydrogens is 212 g/mol. The molecule has 4 heteroatoms. The second kappa shape index (κ2) is 5.66. The molecule has 0 aliphatic rings. The Labute approximate surface area is 93.4 Å². The summed E-state index contributed by atoms with van der Waals surface area (Å²) in [4.78, 5) is 10.7. The van der Waals surface area contributed by atoms with Crippen molar-refractivity contribution in [1.82, 2.24) is 0 Å². The second-order valence-electron chi connectivity index (χ2n) is 2.97. The molecule has 15 heavy (non-hydrogen) atoms. The van der Waals surface area contributed by atoms with Gasteiger partial charge in [-0.1, -0.05) is 13.0 Å². The van der Waals surface area contributed by atoms with E-state index >= 15 is 0 Å². The number of rotatable bonds is 5. The van der Waals surface area contributed by atoms with Crippen LogP contribution in [0.5, 0.6) is 5.75 Å². The van der Waals surface area contributed by atoms with E-state index in [-0.39, 0.29) is 5.56 Å². The molecule has 0 unspecified atom stereocenters. The predicted octanol–water partition coefficient (Wildman–Crippen LogP) is 2.65. The van der Waals surface area contributed by atoms with Crippen molar-refractivity contribution in [3.8, 4) is 5.75 Å².